The largest absolute Gasteiger partial charge is 0.309 e. The highest BCUT2D eigenvalue weighted by Gasteiger charge is 2.59. The van der Waals surface area contributed by atoms with Crippen LogP contribution in [0, 0.1) is 11.8 Å². The van der Waals surface area contributed by atoms with Crippen LogP contribution < -0.4 is 5.32 Å². The summed E-state index contributed by atoms with van der Waals surface area (Å²) in [4.78, 5) is 12.5. The summed E-state index contributed by atoms with van der Waals surface area (Å²) in [5.41, 5.74) is 2.56. The van der Waals surface area contributed by atoms with Gasteiger partial charge in [0.05, 0.1) is 0 Å². The normalized spacial score (nSPS) is 24.2. The van der Waals surface area contributed by atoms with E-state index >= 15 is 0 Å². The highest BCUT2D eigenvalue weighted by molar-refractivity contribution is 9.10. The van der Waals surface area contributed by atoms with Gasteiger partial charge in [-0.15, -0.1) is 10.2 Å². The summed E-state index contributed by atoms with van der Waals surface area (Å²) in [7, 11) is -3.39. The fourth-order valence-electron chi connectivity index (χ4n) is 3.52. The molecule has 1 aromatic heterocycles. The van der Waals surface area contributed by atoms with E-state index < -0.39 is 9.84 Å². The van der Waals surface area contributed by atoms with E-state index in [1.165, 1.54) is 23.3 Å². The number of nitrogens with zero attached hydrogens (tertiary/aromatic N) is 2. The van der Waals surface area contributed by atoms with E-state index in [1.54, 1.807) is 0 Å². The Morgan fingerprint density at radius 2 is 2.04 bits per heavy atom. The standard InChI is InChI=1S/C16H14BrN3O3S/c1-24(22,23)13-5-4-12(19-20-13)18-16(21)15-11-6-8-2-3-9(17)7-10(8)14(11)15/h2-5,7,11,14-15H,6H2,1H3,(H,18,19,21). The van der Waals surface area contributed by atoms with Crippen molar-refractivity contribution in [3.05, 3.63) is 45.9 Å². The van der Waals surface area contributed by atoms with Crippen LogP contribution in [-0.2, 0) is 21.1 Å². The van der Waals surface area contributed by atoms with Crippen molar-refractivity contribution < 1.29 is 13.2 Å². The van der Waals surface area contributed by atoms with Gasteiger partial charge < -0.3 is 5.32 Å². The third kappa shape index (κ3) is 2.63. The highest BCUT2D eigenvalue weighted by Crippen LogP contribution is 2.61. The highest BCUT2D eigenvalue weighted by atomic mass is 79.9. The van der Waals surface area contributed by atoms with Crippen molar-refractivity contribution in [1.82, 2.24) is 10.2 Å². The van der Waals surface area contributed by atoms with Gasteiger partial charge in [-0.05, 0) is 47.7 Å². The molecule has 1 N–H and O–H groups in total. The fraction of sp³-hybridized carbons (Fsp3) is 0.312. The molecule has 3 unspecified atom stereocenters. The first-order valence-corrected chi connectivity index (χ1v) is 10.2. The molecule has 24 heavy (non-hydrogen) atoms. The molecule has 0 saturated heterocycles. The van der Waals surface area contributed by atoms with E-state index in [1.807, 2.05) is 6.07 Å². The lowest BCUT2D eigenvalue weighted by molar-refractivity contribution is -0.117. The predicted octanol–water partition coefficient (Wildman–Crippen LogP) is 2.17. The Labute approximate surface area is 147 Å². The number of halogens is 1. The lowest BCUT2D eigenvalue weighted by Crippen LogP contribution is -2.18. The molecule has 0 bridgehead atoms. The van der Waals surface area contributed by atoms with E-state index in [0.717, 1.165) is 17.1 Å². The Hall–Kier alpha value is -1.80. The van der Waals surface area contributed by atoms with Crippen molar-refractivity contribution in [1.29, 1.82) is 0 Å². The maximum absolute atomic E-state index is 12.5. The molecule has 2 aliphatic rings. The Kier molecular flexibility index (Phi) is 3.50. The second-order valence-electron chi connectivity index (χ2n) is 6.28. The molecule has 2 aromatic rings. The van der Waals surface area contributed by atoms with Crippen LogP contribution in [0.15, 0.2) is 39.8 Å². The number of rotatable bonds is 3. The molecule has 6 nitrogen and oxygen atoms in total. The third-order valence-electron chi connectivity index (χ3n) is 4.67. The first-order chi connectivity index (χ1) is 11.3. The monoisotopic (exact) mass is 407 g/mol. The quantitative estimate of drug-likeness (QED) is 0.841. The summed E-state index contributed by atoms with van der Waals surface area (Å²) >= 11 is 3.48. The van der Waals surface area contributed by atoms with Crippen LogP contribution in [0.5, 0.6) is 0 Å². The van der Waals surface area contributed by atoms with Gasteiger partial charge in [0.2, 0.25) is 5.91 Å². The van der Waals surface area contributed by atoms with Crippen LogP contribution in [0.4, 0.5) is 5.82 Å². The maximum Gasteiger partial charge on any atom is 0.229 e. The molecular formula is C16H14BrN3O3S. The van der Waals surface area contributed by atoms with Gasteiger partial charge in [0.25, 0.3) is 0 Å². The minimum Gasteiger partial charge on any atom is -0.309 e. The van der Waals surface area contributed by atoms with E-state index in [2.05, 4.69) is 43.6 Å². The summed E-state index contributed by atoms with van der Waals surface area (Å²) < 4.78 is 23.8. The number of sulfone groups is 1. The van der Waals surface area contributed by atoms with Gasteiger partial charge in [-0.1, -0.05) is 22.0 Å². The molecule has 2 aliphatic carbocycles. The molecule has 1 saturated carbocycles. The number of carbonyl (C=O) groups excluding carboxylic acids is 1. The molecule has 124 valence electrons. The van der Waals surface area contributed by atoms with Crippen LogP contribution in [0.25, 0.3) is 0 Å². The first-order valence-electron chi connectivity index (χ1n) is 7.47. The molecule has 1 heterocycles. The molecule has 0 spiro atoms. The van der Waals surface area contributed by atoms with Crippen molar-refractivity contribution in [2.45, 2.75) is 17.4 Å². The van der Waals surface area contributed by atoms with Crippen molar-refractivity contribution in [2.75, 3.05) is 11.6 Å². The predicted molar refractivity (Wildman–Crippen MR) is 91.3 cm³/mol. The summed E-state index contributed by atoms with van der Waals surface area (Å²) in [6.07, 6.45) is 1.99. The zero-order valence-corrected chi connectivity index (χ0v) is 15.1. The molecule has 0 aliphatic heterocycles. The van der Waals surface area contributed by atoms with E-state index in [4.69, 9.17) is 0 Å². The number of nitrogens with one attached hydrogen (secondary N) is 1. The van der Waals surface area contributed by atoms with Crippen LogP contribution in [-0.4, -0.2) is 30.8 Å². The average molecular weight is 408 g/mol. The molecule has 1 amide bonds. The van der Waals surface area contributed by atoms with Crippen molar-refractivity contribution in [3.63, 3.8) is 0 Å². The minimum absolute atomic E-state index is 0.0526. The molecule has 4 rings (SSSR count). The minimum atomic E-state index is -3.39. The first kappa shape index (κ1) is 15.7. The number of aromatic nitrogens is 2. The van der Waals surface area contributed by atoms with E-state index in [9.17, 15) is 13.2 Å². The average Bonchev–Trinajstić information content (AvgIpc) is 3.12. The van der Waals surface area contributed by atoms with Gasteiger partial charge in [0, 0.05) is 22.6 Å². The molecule has 3 atom stereocenters. The Bertz CT molecular complexity index is 944. The fourth-order valence-corrected chi connectivity index (χ4v) is 4.40. The number of fused-ring (bicyclic) bond motifs is 3. The molecule has 1 fully saturated rings. The van der Waals surface area contributed by atoms with Crippen molar-refractivity contribution in [3.8, 4) is 0 Å². The number of carbonyl (C=O) groups is 1. The smallest absolute Gasteiger partial charge is 0.229 e. The number of hydrogen-bond acceptors (Lipinski definition) is 5. The van der Waals surface area contributed by atoms with E-state index in [0.29, 0.717) is 5.92 Å². The van der Waals surface area contributed by atoms with Gasteiger partial charge >= 0.3 is 0 Å². The van der Waals surface area contributed by atoms with Crippen molar-refractivity contribution in [2.24, 2.45) is 11.8 Å². The van der Waals surface area contributed by atoms with Crippen LogP contribution in [0.2, 0.25) is 0 Å². The van der Waals surface area contributed by atoms with Crippen LogP contribution in [0.1, 0.15) is 17.0 Å². The van der Waals surface area contributed by atoms with Gasteiger partial charge in [-0.2, -0.15) is 0 Å². The van der Waals surface area contributed by atoms with Crippen LogP contribution >= 0.6 is 15.9 Å². The van der Waals surface area contributed by atoms with Gasteiger partial charge in [0.15, 0.2) is 20.7 Å². The lowest BCUT2D eigenvalue weighted by atomic mass is 10.0. The Balaban J connectivity index is 1.47. The SMILES string of the molecule is CS(=O)(=O)c1ccc(NC(=O)C2C3Cc4ccc(Br)cc4C32)nn1. The van der Waals surface area contributed by atoms with Gasteiger partial charge in [-0.25, -0.2) is 8.42 Å². The molecule has 1 aromatic carbocycles. The molecule has 8 heteroatoms. The summed E-state index contributed by atoms with van der Waals surface area (Å²) in [5.74, 6) is 0.741. The summed E-state index contributed by atoms with van der Waals surface area (Å²) in [6, 6.07) is 9.03. The second-order valence-corrected chi connectivity index (χ2v) is 9.16. The summed E-state index contributed by atoms with van der Waals surface area (Å²) in [6.45, 7) is 0. The number of benzene rings is 1. The van der Waals surface area contributed by atoms with Gasteiger partial charge in [0.1, 0.15) is 0 Å². The molecular weight excluding hydrogens is 394 g/mol. The second kappa shape index (κ2) is 5.35. The van der Waals surface area contributed by atoms with Gasteiger partial charge in [-0.3, -0.25) is 4.79 Å². The maximum atomic E-state index is 12.5. The van der Waals surface area contributed by atoms with Crippen molar-refractivity contribution >= 4 is 37.5 Å². The Morgan fingerprint density at radius 1 is 1.25 bits per heavy atom. The zero-order chi connectivity index (χ0) is 17.1. The number of amides is 1. The molecule has 0 radical (unpaired) electrons. The summed E-state index contributed by atoms with van der Waals surface area (Å²) in [5, 5.41) is 10.1. The number of anilines is 1. The number of hydrogen-bond donors (Lipinski definition) is 1. The lowest BCUT2D eigenvalue weighted by Gasteiger charge is -2.09. The third-order valence-corrected chi connectivity index (χ3v) is 6.14. The Morgan fingerprint density at radius 3 is 2.71 bits per heavy atom. The topological polar surface area (TPSA) is 89.0 Å². The van der Waals surface area contributed by atoms with E-state index in [-0.39, 0.29) is 28.6 Å². The van der Waals surface area contributed by atoms with Crippen LogP contribution in [0.3, 0.4) is 0 Å². The zero-order valence-electron chi connectivity index (χ0n) is 12.7.